The van der Waals surface area contributed by atoms with Crippen LogP contribution in [0.5, 0.6) is 0 Å². The molecular formula is C9H17NO. The molecule has 0 N–H and O–H groups in total. The van der Waals surface area contributed by atoms with Crippen LogP contribution in [0.3, 0.4) is 0 Å². The zero-order valence-corrected chi connectivity index (χ0v) is 7.42. The summed E-state index contributed by atoms with van der Waals surface area (Å²) in [7, 11) is 0. The summed E-state index contributed by atoms with van der Waals surface area (Å²) in [5, 5.41) is 0. The zero-order valence-electron chi connectivity index (χ0n) is 7.42. The Balaban J connectivity index is 3.49. The molecule has 0 aliphatic carbocycles. The summed E-state index contributed by atoms with van der Waals surface area (Å²) in [6.45, 7) is 8.67. The third-order valence-corrected chi connectivity index (χ3v) is 1.95. The van der Waals surface area contributed by atoms with Crippen LogP contribution in [0.4, 0.5) is 0 Å². The maximum Gasteiger partial charge on any atom is 0.213 e. The summed E-state index contributed by atoms with van der Waals surface area (Å²) in [6, 6.07) is 0. The lowest BCUT2D eigenvalue weighted by atomic mass is 10.1. The summed E-state index contributed by atoms with van der Waals surface area (Å²) < 4.78 is 0. The Kier molecular flexibility index (Phi) is 5.53. The van der Waals surface area contributed by atoms with Gasteiger partial charge in [0.1, 0.15) is 0 Å². The van der Waals surface area contributed by atoms with E-state index in [2.05, 4.69) is 20.4 Å². The van der Waals surface area contributed by atoms with Crippen molar-refractivity contribution in [1.82, 2.24) is 4.90 Å². The molecule has 0 fully saturated rings. The topological polar surface area (TPSA) is 20.3 Å². The van der Waals surface area contributed by atoms with Gasteiger partial charge in [0.25, 0.3) is 0 Å². The number of carbonyl (C=O) groups is 1. The van der Waals surface area contributed by atoms with E-state index >= 15 is 0 Å². The SMILES string of the molecule is C=CN(C=O)CCC(C)CC. The zero-order chi connectivity index (χ0) is 8.69. The highest BCUT2D eigenvalue weighted by Gasteiger charge is 2.00. The molecule has 1 amide bonds. The minimum Gasteiger partial charge on any atom is -0.322 e. The monoisotopic (exact) mass is 155 g/mol. The van der Waals surface area contributed by atoms with Gasteiger partial charge in [-0.2, -0.15) is 0 Å². The molecule has 1 unspecified atom stereocenters. The number of hydrogen-bond donors (Lipinski definition) is 0. The number of nitrogens with zero attached hydrogens (tertiary/aromatic N) is 1. The molecular weight excluding hydrogens is 138 g/mol. The number of amides is 1. The van der Waals surface area contributed by atoms with E-state index in [1.54, 1.807) is 11.1 Å². The highest BCUT2D eigenvalue weighted by Crippen LogP contribution is 2.06. The third-order valence-electron chi connectivity index (χ3n) is 1.95. The summed E-state index contributed by atoms with van der Waals surface area (Å²) in [4.78, 5) is 11.9. The van der Waals surface area contributed by atoms with Gasteiger partial charge in [-0.1, -0.05) is 26.8 Å². The molecule has 1 atom stereocenters. The molecule has 0 aliphatic heterocycles. The van der Waals surface area contributed by atoms with Gasteiger partial charge in [-0.25, -0.2) is 0 Å². The smallest absolute Gasteiger partial charge is 0.213 e. The van der Waals surface area contributed by atoms with Crippen LogP contribution in [0.2, 0.25) is 0 Å². The summed E-state index contributed by atoms with van der Waals surface area (Å²) in [5.74, 6) is 0.692. The molecule has 0 saturated carbocycles. The molecule has 0 aliphatic rings. The fraction of sp³-hybridized carbons (Fsp3) is 0.667. The van der Waals surface area contributed by atoms with Crippen molar-refractivity contribution in [3.05, 3.63) is 12.8 Å². The van der Waals surface area contributed by atoms with Crippen molar-refractivity contribution in [2.75, 3.05) is 6.54 Å². The largest absolute Gasteiger partial charge is 0.322 e. The molecule has 64 valence electrons. The van der Waals surface area contributed by atoms with Crippen molar-refractivity contribution in [2.24, 2.45) is 5.92 Å². The predicted molar refractivity (Wildman–Crippen MR) is 47.0 cm³/mol. The number of carbonyl (C=O) groups excluding carboxylic acids is 1. The van der Waals surface area contributed by atoms with E-state index in [-0.39, 0.29) is 0 Å². The molecule has 0 bridgehead atoms. The van der Waals surface area contributed by atoms with E-state index in [0.29, 0.717) is 5.92 Å². The molecule has 11 heavy (non-hydrogen) atoms. The first-order valence-corrected chi connectivity index (χ1v) is 4.08. The average molecular weight is 155 g/mol. The molecule has 0 radical (unpaired) electrons. The fourth-order valence-corrected chi connectivity index (χ4v) is 0.761. The maximum absolute atomic E-state index is 10.3. The van der Waals surface area contributed by atoms with Crippen LogP contribution in [0, 0.1) is 5.92 Å². The highest BCUT2D eigenvalue weighted by atomic mass is 16.1. The first-order chi connectivity index (χ1) is 5.24. The van der Waals surface area contributed by atoms with Gasteiger partial charge in [-0.05, 0) is 18.5 Å². The van der Waals surface area contributed by atoms with Crippen LogP contribution in [-0.2, 0) is 4.79 Å². The van der Waals surface area contributed by atoms with Gasteiger partial charge in [0, 0.05) is 6.54 Å². The maximum atomic E-state index is 10.3. The van der Waals surface area contributed by atoms with Gasteiger partial charge in [0.05, 0.1) is 0 Å². The molecule has 0 aromatic rings. The van der Waals surface area contributed by atoms with Crippen molar-refractivity contribution in [1.29, 1.82) is 0 Å². The Morgan fingerprint density at radius 2 is 2.27 bits per heavy atom. The molecule has 2 heteroatoms. The van der Waals surface area contributed by atoms with Crippen LogP contribution in [0.1, 0.15) is 26.7 Å². The minimum absolute atomic E-state index is 0.692. The second-order valence-corrected chi connectivity index (χ2v) is 2.83. The fourth-order valence-electron chi connectivity index (χ4n) is 0.761. The van der Waals surface area contributed by atoms with E-state index < -0.39 is 0 Å². The van der Waals surface area contributed by atoms with Gasteiger partial charge in [0.15, 0.2) is 0 Å². The summed E-state index contributed by atoms with van der Waals surface area (Å²) in [5.41, 5.74) is 0. The van der Waals surface area contributed by atoms with E-state index in [0.717, 1.165) is 19.4 Å². The molecule has 0 aromatic heterocycles. The van der Waals surface area contributed by atoms with E-state index in [4.69, 9.17) is 0 Å². The Morgan fingerprint density at radius 3 is 2.64 bits per heavy atom. The number of hydrogen-bond acceptors (Lipinski definition) is 1. The third kappa shape index (κ3) is 4.59. The molecule has 0 aromatic carbocycles. The van der Waals surface area contributed by atoms with Crippen molar-refractivity contribution < 1.29 is 4.79 Å². The standard InChI is InChI=1S/C9H17NO/c1-4-9(3)6-7-10(5-2)8-11/h5,8-9H,2,4,6-7H2,1,3H3. The van der Waals surface area contributed by atoms with Crippen LogP contribution < -0.4 is 0 Å². The quantitative estimate of drug-likeness (QED) is 0.537. The van der Waals surface area contributed by atoms with E-state index in [9.17, 15) is 4.79 Å². The summed E-state index contributed by atoms with van der Waals surface area (Å²) >= 11 is 0. The molecule has 0 rings (SSSR count). The van der Waals surface area contributed by atoms with Crippen LogP contribution >= 0.6 is 0 Å². The summed E-state index contributed by atoms with van der Waals surface area (Å²) in [6.07, 6.45) is 4.61. The molecule has 0 heterocycles. The van der Waals surface area contributed by atoms with E-state index in [1.165, 1.54) is 6.42 Å². The van der Waals surface area contributed by atoms with Crippen LogP contribution in [0.15, 0.2) is 12.8 Å². The molecule has 2 nitrogen and oxygen atoms in total. The van der Waals surface area contributed by atoms with Crippen LogP contribution in [0.25, 0.3) is 0 Å². The number of rotatable bonds is 6. The predicted octanol–water partition coefficient (Wildman–Crippen LogP) is 2.02. The van der Waals surface area contributed by atoms with Crippen molar-refractivity contribution in [3.8, 4) is 0 Å². The van der Waals surface area contributed by atoms with Gasteiger partial charge in [-0.3, -0.25) is 4.79 Å². The highest BCUT2D eigenvalue weighted by molar-refractivity contribution is 5.48. The molecule has 0 spiro atoms. The Labute approximate surface area is 68.9 Å². The van der Waals surface area contributed by atoms with Crippen molar-refractivity contribution in [2.45, 2.75) is 26.7 Å². The second kappa shape index (κ2) is 5.96. The van der Waals surface area contributed by atoms with Gasteiger partial charge in [0.2, 0.25) is 6.41 Å². The first-order valence-electron chi connectivity index (χ1n) is 4.08. The minimum atomic E-state index is 0.692. The first kappa shape index (κ1) is 10.2. The second-order valence-electron chi connectivity index (χ2n) is 2.83. The van der Waals surface area contributed by atoms with Crippen LogP contribution in [-0.4, -0.2) is 17.9 Å². The average Bonchev–Trinajstić information content (AvgIpc) is 2.06. The van der Waals surface area contributed by atoms with Crippen molar-refractivity contribution >= 4 is 6.41 Å². The van der Waals surface area contributed by atoms with Gasteiger partial charge in [-0.15, -0.1) is 0 Å². The normalized spacial score (nSPS) is 12.2. The Bertz CT molecular complexity index is 115. The van der Waals surface area contributed by atoms with Gasteiger partial charge < -0.3 is 4.90 Å². The Hall–Kier alpha value is -0.790. The lowest BCUT2D eigenvalue weighted by Crippen LogP contribution is -2.17. The molecule has 0 saturated heterocycles. The van der Waals surface area contributed by atoms with E-state index in [1.807, 2.05) is 0 Å². The van der Waals surface area contributed by atoms with Crippen molar-refractivity contribution in [3.63, 3.8) is 0 Å². The van der Waals surface area contributed by atoms with Gasteiger partial charge >= 0.3 is 0 Å². The lowest BCUT2D eigenvalue weighted by molar-refractivity contribution is -0.116. The lowest BCUT2D eigenvalue weighted by Gasteiger charge is -2.13. The Morgan fingerprint density at radius 1 is 1.64 bits per heavy atom.